The van der Waals surface area contributed by atoms with Crippen LogP contribution in [0.5, 0.6) is 0 Å². The van der Waals surface area contributed by atoms with Crippen LogP contribution in [-0.4, -0.2) is 43.0 Å². The van der Waals surface area contributed by atoms with Crippen molar-refractivity contribution >= 4 is 29.0 Å². The highest BCUT2D eigenvalue weighted by Gasteiger charge is 2.20. The lowest BCUT2D eigenvalue weighted by Gasteiger charge is -2.36. The summed E-state index contributed by atoms with van der Waals surface area (Å²) >= 11 is 0. The van der Waals surface area contributed by atoms with Crippen molar-refractivity contribution in [2.45, 2.75) is 46.5 Å². The average molecular weight is 423 g/mol. The van der Waals surface area contributed by atoms with E-state index in [0.29, 0.717) is 6.42 Å². The van der Waals surface area contributed by atoms with Crippen LogP contribution in [0.25, 0.3) is 0 Å². The zero-order valence-electron chi connectivity index (χ0n) is 18.9. The van der Waals surface area contributed by atoms with E-state index in [2.05, 4.69) is 22.5 Å². The maximum absolute atomic E-state index is 12.3. The standard InChI is InChI=1S/C25H34N4O2/c1-4-5-6-7-24(30)29-16-14-28(15-17-29)23-12-10-21(11-13-23)26-25(31)27-22-9-8-19(2)20(3)18-22/h8-13,18H,4-7,14-17H2,1-3H3,(H2,26,27,31). The quantitative estimate of drug-likeness (QED) is 0.605. The number of anilines is 3. The summed E-state index contributed by atoms with van der Waals surface area (Å²) in [5, 5.41) is 5.75. The first-order chi connectivity index (χ1) is 15.0. The molecule has 2 aromatic rings. The third-order valence-electron chi connectivity index (χ3n) is 5.88. The van der Waals surface area contributed by atoms with Gasteiger partial charge in [-0.2, -0.15) is 0 Å². The molecule has 3 amide bonds. The van der Waals surface area contributed by atoms with E-state index in [0.717, 1.165) is 68.1 Å². The molecule has 1 saturated heterocycles. The van der Waals surface area contributed by atoms with Crippen LogP contribution in [0, 0.1) is 13.8 Å². The molecule has 0 spiro atoms. The number of urea groups is 1. The molecule has 1 aliphatic heterocycles. The van der Waals surface area contributed by atoms with Crippen LogP contribution in [0.4, 0.5) is 21.9 Å². The highest BCUT2D eigenvalue weighted by atomic mass is 16.2. The van der Waals surface area contributed by atoms with Gasteiger partial charge in [0.1, 0.15) is 0 Å². The average Bonchev–Trinajstić information content (AvgIpc) is 2.77. The molecule has 6 heteroatoms. The second-order valence-corrected chi connectivity index (χ2v) is 8.25. The Bertz CT molecular complexity index is 887. The third-order valence-corrected chi connectivity index (χ3v) is 5.88. The highest BCUT2D eigenvalue weighted by molar-refractivity contribution is 5.99. The van der Waals surface area contributed by atoms with Crippen molar-refractivity contribution in [2.75, 3.05) is 41.7 Å². The molecule has 0 aliphatic carbocycles. The number of hydrogen-bond acceptors (Lipinski definition) is 3. The normalized spacial score (nSPS) is 13.8. The van der Waals surface area contributed by atoms with Crippen LogP contribution in [-0.2, 0) is 4.79 Å². The fraction of sp³-hybridized carbons (Fsp3) is 0.440. The van der Waals surface area contributed by atoms with Crippen molar-refractivity contribution in [3.8, 4) is 0 Å². The number of amides is 3. The molecular weight excluding hydrogens is 388 g/mol. The first-order valence-electron chi connectivity index (χ1n) is 11.2. The molecule has 2 aromatic carbocycles. The van der Waals surface area contributed by atoms with Crippen LogP contribution in [0.2, 0.25) is 0 Å². The van der Waals surface area contributed by atoms with Gasteiger partial charge in [0.25, 0.3) is 0 Å². The number of carbonyl (C=O) groups is 2. The number of unbranched alkanes of at least 4 members (excludes halogenated alkanes) is 2. The lowest BCUT2D eigenvalue weighted by molar-refractivity contribution is -0.131. The number of rotatable bonds is 7. The Morgan fingerprint density at radius 1 is 0.839 bits per heavy atom. The largest absolute Gasteiger partial charge is 0.368 e. The molecule has 0 saturated carbocycles. The third kappa shape index (κ3) is 6.48. The maximum atomic E-state index is 12.3. The second kappa shape index (κ2) is 10.8. The molecule has 3 rings (SSSR count). The van der Waals surface area contributed by atoms with Gasteiger partial charge in [0.2, 0.25) is 5.91 Å². The number of benzene rings is 2. The van der Waals surface area contributed by atoms with Crippen molar-refractivity contribution in [2.24, 2.45) is 0 Å². The predicted octanol–water partition coefficient (Wildman–Crippen LogP) is 5.18. The summed E-state index contributed by atoms with van der Waals surface area (Å²) in [7, 11) is 0. The molecule has 2 N–H and O–H groups in total. The predicted molar refractivity (Wildman–Crippen MR) is 128 cm³/mol. The van der Waals surface area contributed by atoms with Crippen LogP contribution in [0.1, 0.15) is 43.7 Å². The highest BCUT2D eigenvalue weighted by Crippen LogP contribution is 2.21. The second-order valence-electron chi connectivity index (χ2n) is 8.25. The molecule has 0 radical (unpaired) electrons. The van der Waals surface area contributed by atoms with Gasteiger partial charge < -0.3 is 20.4 Å². The topological polar surface area (TPSA) is 64.7 Å². The minimum atomic E-state index is -0.258. The number of hydrogen-bond donors (Lipinski definition) is 2. The van der Waals surface area contributed by atoms with Gasteiger partial charge >= 0.3 is 6.03 Å². The smallest absolute Gasteiger partial charge is 0.323 e. The van der Waals surface area contributed by atoms with E-state index in [1.807, 2.05) is 61.2 Å². The summed E-state index contributed by atoms with van der Waals surface area (Å²) in [6, 6.07) is 13.5. The maximum Gasteiger partial charge on any atom is 0.323 e. The zero-order valence-corrected chi connectivity index (χ0v) is 18.9. The van der Waals surface area contributed by atoms with E-state index in [-0.39, 0.29) is 11.9 Å². The van der Waals surface area contributed by atoms with Crippen molar-refractivity contribution in [3.05, 3.63) is 53.6 Å². The molecule has 31 heavy (non-hydrogen) atoms. The monoisotopic (exact) mass is 422 g/mol. The van der Waals surface area contributed by atoms with Crippen LogP contribution >= 0.6 is 0 Å². The van der Waals surface area contributed by atoms with Gasteiger partial charge in [-0.1, -0.05) is 25.8 Å². The molecule has 6 nitrogen and oxygen atoms in total. The number of carbonyl (C=O) groups excluding carboxylic acids is 2. The fourth-order valence-electron chi connectivity index (χ4n) is 3.77. The van der Waals surface area contributed by atoms with Crippen LogP contribution in [0.15, 0.2) is 42.5 Å². The summed E-state index contributed by atoms with van der Waals surface area (Å²) in [4.78, 5) is 28.9. The van der Waals surface area contributed by atoms with E-state index in [1.165, 1.54) is 5.56 Å². The molecule has 0 bridgehead atoms. The summed E-state index contributed by atoms with van der Waals surface area (Å²) in [5.74, 6) is 0.280. The Labute approximate surface area is 185 Å². The van der Waals surface area contributed by atoms with Gasteiger partial charge in [0.15, 0.2) is 0 Å². The first kappa shape index (κ1) is 22.7. The minimum absolute atomic E-state index is 0.258. The van der Waals surface area contributed by atoms with Crippen LogP contribution < -0.4 is 15.5 Å². The van der Waals surface area contributed by atoms with E-state index in [1.54, 1.807) is 0 Å². The van der Waals surface area contributed by atoms with Gasteiger partial charge in [-0.15, -0.1) is 0 Å². The minimum Gasteiger partial charge on any atom is -0.368 e. The Kier molecular flexibility index (Phi) is 7.93. The van der Waals surface area contributed by atoms with Crippen molar-refractivity contribution < 1.29 is 9.59 Å². The molecule has 1 fully saturated rings. The van der Waals surface area contributed by atoms with Gasteiger partial charge in [-0.25, -0.2) is 4.79 Å². The van der Waals surface area contributed by atoms with Crippen LogP contribution in [0.3, 0.4) is 0 Å². The Balaban J connectivity index is 1.47. The van der Waals surface area contributed by atoms with Crippen molar-refractivity contribution in [1.82, 2.24) is 4.90 Å². The SMILES string of the molecule is CCCCCC(=O)N1CCN(c2ccc(NC(=O)Nc3ccc(C)c(C)c3)cc2)CC1. The van der Waals surface area contributed by atoms with Crippen molar-refractivity contribution in [3.63, 3.8) is 0 Å². The lowest BCUT2D eigenvalue weighted by atomic mass is 10.1. The van der Waals surface area contributed by atoms with Gasteiger partial charge in [-0.05, 0) is 67.8 Å². The van der Waals surface area contributed by atoms with E-state index >= 15 is 0 Å². The van der Waals surface area contributed by atoms with Crippen molar-refractivity contribution in [1.29, 1.82) is 0 Å². The van der Waals surface area contributed by atoms with E-state index in [4.69, 9.17) is 0 Å². The molecule has 0 aromatic heterocycles. The summed E-state index contributed by atoms with van der Waals surface area (Å²) in [5.41, 5.74) is 4.97. The molecule has 0 atom stereocenters. The number of aryl methyl sites for hydroxylation is 2. The molecule has 1 heterocycles. The Hall–Kier alpha value is -3.02. The van der Waals surface area contributed by atoms with E-state index in [9.17, 15) is 9.59 Å². The molecule has 0 unspecified atom stereocenters. The first-order valence-corrected chi connectivity index (χ1v) is 11.2. The summed E-state index contributed by atoms with van der Waals surface area (Å²) < 4.78 is 0. The van der Waals surface area contributed by atoms with Gasteiger partial charge in [-0.3, -0.25) is 4.79 Å². The number of nitrogens with zero attached hydrogens (tertiary/aromatic N) is 2. The fourth-order valence-corrected chi connectivity index (χ4v) is 3.77. The molecule has 1 aliphatic rings. The zero-order chi connectivity index (χ0) is 22.2. The Morgan fingerprint density at radius 2 is 1.48 bits per heavy atom. The number of piperazine rings is 1. The Morgan fingerprint density at radius 3 is 2.13 bits per heavy atom. The summed E-state index contributed by atoms with van der Waals surface area (Å²) in [6.45, 7) is 9.43. The van der Waals surface area contributed by atoms with Gasteiger partial charge in [0, 0.05) is 49.7 Å². The number of nitrogens with one attached hydrogen (secondary N) is 2. The summed E-state index contributed by atoms with van der Waals surface area (Å²) in [6.07, 6.45) is 3.91. The lowest BCUT2D eigenvalue weighted by Crippen LogP contribution is -2.48. The van der Waals surface area contributed by atoms with Gasteiger partial charge in [0.05, 0.1) is 0 Å². The molecule has 166 valence electrons. The van der Waals surface area contributed by atoms with E-state index < -0.39 is 0 Å². The molecular formula is C25H34N4O2.